The molecule has 4 heterocycles. The summed E-state index contributed by atoms with van der Waals surface area (Å²) in [4.78, 5) is 39.9. The van der Waals surface area contributed by atoms with E-state index >= 15 is 0 Å². The zero-order valence-electron chi connectivity index (χ0n) is 21.7. The van der Waals surface area contributed by atoms with Crippen molar-refractivity contribution in [1.29, 1.82) is 0 Å². The van der Waals surface area contributed by atoms with Crippen molar-refractivity contribution in [1.82, 2.24) is 19.3 Å². The van der Waals surface area contributed by atoms with E-state index in [1.54, 1.807) is 18.5 Å². The number of para-hydroxylation sites is 2. The van der Waals surface area contributed by atoms with Crippen LogP contribution in [0.1, 0.15) is 12.8 Å². The molecule has 2 aliphatic rings. The fourth-order valence-electron chi connectivity index (χ4n) is 5.39. The van der Waals surface area contributed by atoms with Crippen LogP contribution in [-0.4, -0.2) is 76.5 Å². The summed E-state index contributed by atoms with van der Waals surface area (Å²) in [5.41, 5.74) is 5.16. The van der Waals surface area contributed by atoms with Crippen molar-refractivity contribution in [2.24, 2.45) is 0 Å². The van der Waals surface area contributed by atoms with Gasteiger partial charge in [0.25, 0.3) is 5.69 Å². The molecule has 0 radical (unpaired) electrons. The predicted octanol–water partition coefficient (Wildman–Crippen LogP) is 2.06. The van der Waals surface area contributed by atoms with Crippen LogP contribution in [-0.2, 0) is 4.79 Å². The minimum atomic E-state index is 0. The fourth-order valence-corrected chi connectivity index (χ4v) is 5.39. The monoisotopic (exact) mass is 528 g/mol. The highest BCUT2D eigenvalue weighted by Gasteiger charge is 2.25. The van der Waals surface area contributed by atoms with Gasteiger partial charge in [0.05, 0.1) is 12.7 Å². The average Bonchev–Trinajstić information content (AvgIpc) is 3.65. The topological polar surface area (TPSA) is 130 Å². The van der Waals surface area contributed by atoms with Gasteiger partial charge in [0, 0.05) is 79.1 Å². The van der Waals surface area contributed by atoms with Gasteiger partial charge in [-0.2, -0.15) is 0 Å². The van der Waals surface area contributed by atoms with E-state index in [0.29, 0.717) is 31.9 Å². The normalized spacial score (nSPS) is 15.3. The average molecular weight is 529 g/mol. The lowest BCUT2D eigenvalue weighted by atomic mass is 10.1. The molecule has 2 aromatic heterocycles. The Morgan fingerprint density at radius 1 is 0.923 bits per heavy atom. The fraction of sp³-hybridized carbons (Fsp3) is 0.321. The third kappa shape index (κ3) is 5.26. The first-order chi connectivity index (χ1) is 18.7. The van der Waals surface area contributed by atoms with Crippen LogP contribution in [0.5, 0.6) is 0 Å². The summed E-state index contributed by atoms with van der Waals surface area (Å²) in [5, 5.41) is 5.38. The molecule has 0 bridgehead atoms. The minimum Gasteiger partial charge on any atom is -0.870 e. The molecule has 39 heavy (non-hydrogen) atoms. The molecule has 0 aliphatic carbocycles. The van der Waals surface area contributed by atoms with Crippen LogP contribution in [0.3, 0.4) is 0 Å². The second kappa shape index (κ2) is 11.5. The summed E-state index contributed by atoms with van der Waals surface area (Å²) in [7, 11) is 0. The third-order valence-corrected chi connectivity index (χ3v) is 7.44. The van der Waals surface area contributed by atoms with Gasteiger partial charge in [0.2, 0.25) is 5.91 Å². The highest BCUT2D eigenvalue weighted by Crippen LogP contribution is 2.31. The lowest BCUT2D eigenvalue weighted by molar-refractivity contribution is -0.378. The summed E-state index contributed by atoms with van der Waals surface area (Å²) in [6.45, 7) is 4.88. The van der Waals surface area contributed by atoms with Crippen LogP contribution in [0.2, 0.25) is 0 Å². The van der Waals surface area contributed by atoms with Gasteiger partial charge in [-0.05, 0) is 31.0 Å². The van der Waals surface area contributed by atoms with E-state index in [0.717, 1.165) is 41.5 Å². The number of nitrogens with one attached hydrogen (secondary N) is 2. The molecule has 2 aromatic carbocycles. The first kappa shape index (κ1) is 26.1. The van der Waals surface area contributed by atoms with Gasteiger partial charge in [0.1, 0.15) is 17.2 Å². The van der Waals surface area contributed by atoms with E-state index in [4.69, 9.17) is 4.98 Å². The Hall–Kier alpha value is -4.51. The van der Waals surface area contributed by atoms with E-state index < -0.39 is 0 Å². The number of carbonyl (C=O) groups excluding carboxylic acids is 1. The molecule has 2 fully saturated rings. The molecular formula is C28H32N8O3. The zero-order valence-corrected chi connectivity index (χ0v) is 21.7. The number of nitroso groups, excluding NO2 is 1. The number of imidazole rings is 1. The van der Waals surface area contributed by atoms with Gasteiger partial charge >= 0.3 is 0 Å². The number of rotatable bonds is 7. The Morgan fingerprint density at radius 3 is 2.41 bits per heavy atom. The minimum absolute atomic E-state index is 0. The second-order valence-corrected chi connectivity index (χ2v) is 9.70. The molecule has 0 atom stereocenters. The predicted molar refractivity (Wildman–Crippen MR) is 150 cm³/mol. The number of hydrogen-bond donors (Lipinski definition) is 2. The number of piperazine rings is 1. The summed E-state index contributed by atoms with van der Waals surface area (Å²) < 4.78 is 1.94. The molecule has 1 amide bonds. The molecule has 0 unspecified atom stereocenters. The first-order valence-electron chi connectivity index (χ1n) is 13.1. The van der Waals surface area contributed by atoms with Crippen LogP contribution in [0.15, 0.2) is 67.1 Å². The van der Waals surface area contributed by atoms with Gasteiger partial charge in [-0.1, -0.05) is 24.3 Å². The summed E-state index contributed by atoms with van der Waals surface area (Å²) >= 11 is 0. The second-order valence-electron chi connectivity index (χ2n) is 9.70. The maximum atomic E-state index is 13.2. The van der Waals surface area contributed by atoms with Gasteiger partial charge in [0.15, 0.2) is 5.65 Å². The Labute approximate surface area is 226 Å². The SMILES string of the molecule is O=[NH+]c1ccccc1N1CCN(C(=O)CNc2c(-c3ccc(N4CCCC4)cc3)nc3cnccn23)CC1.[OH-]. The highest BCUT2D eigenvalue weighted by molar-refractivity contribution is 5.84. The number of fused-ring (bicyclic) bond motifs is 1. The summed E-state index contributed by atoms with van der Waals surface area (Å²) in [6.07, 6.45) is 7.78. The molecular weight excluding hydrogens is 496 g/mol. The Bertz CT molecular complexity index is 1440. The van der Waals surface area contributed by atoms with E-state index in [9.17, 15) is 9.70 Å². The number of carbonyl (C=O) groups is 1. The van der Waals surface area contributed by atoms with Gasteiger partial charge in [-0.3, -0.25) is 14.2 Å². The van der Waals surface area contributed by atoms with Crippen LogP contribution in [0.25, 0.3) is 16.9 Å². The van der Waals surface area contributed by atoms with Gasteiger partial charge in [-0.15, -0.1) is 0 Å². The number of anilines is 3. The maximum absolute atomic E-state index is 13.2. The van der Waals surface area contributed by atoms with Crippen LogP contribution in [0.4, 0.5) is 22.9 Å². The smallest absolute Gasteiger partial charge is 0.276 e. The van der Waals surface area contributed by atoms with E-state index in [2.05, 4.69) is 44.4 Å². The standard InChI is InChI=1S/C28H30N8O2.H2O/c37-26(35-17-15-34(16-18-35)24-6-2-1-5-23(24)32-38)20-30-28-27(31-25-19-29-11-14-36(25)28)21-7-9-22(10-8-21)33-12-3-4-13-33;/h1-2,5-11,14,19,30H,3-4,12-13,15-18,20H2;1H2. The largest absolute Gasteiger partial charge is 0.870 e. The number of hydrogen-bond acceptors (Lipinski definition) is 8. The lowest BCUT2D eigenvalue weighted by Crippen LogP contribution is -2.57. The van der Waals surface area contributed by atoms with E-state index in [1.165, 1.54) is 18.5 Å². The summed E-state index contributed by atoms with van der Waals surface area (Å²) in [6, 6.07) is 16.0. The quantitative estimate of drug-likeness (QED) is 0.373. The van der Waals surface area contributed by atoms with Gasteiger partial charge < -0.3 is 25.5 Å². The molecule has 11 nitrogen and oxygen atoms in total. The Kier molecular flexibility index (Phi) is 7.69. The number of aromatic nitrogens is 3. The number of benzene rings is 2. The van der Waals surface area contributed by atoms with E-state index in [-0.39, 0.29) is 17.9 Å². The Morgan fingerprint density at radius 2 is 1.67 bits per heavy atom. The van der Waals surface area contributed by atoms with Crippen LogP contribution in [0, 0.1) is 4.91 Å². The summed E-state index contributed by atoms with van der Waals surface area (Å²) in [5.74, 6) is 0.804. The lowest BCUT2D eigenvalue weighted by Gasteiger charge is -2.35. The highest BCUT2D eigenvalue weighted by atomic mass is 16.3. The maximum Gasteiger partial charge on any atom is 0.276 e. The van der Waals surface area contributed by atoms with Crippen molar-refractivity contribution in [3.63, 3.8) is 0 Å². The Balaban J connectivity index is 0.00000308. The zero-order chi connectivity index (χ0) is 25.9. The van der Waals surface area contributed by atoms with Crippen LogP contribution >= 0.6 is 0 Å². The molecule has 4 aromatic rings. The van der Waals surface area contributed by atoms with E-state index in [1.807, 2.05) is 38.9 Å². The molecule has 11 heteroatoms. The third-order valence-electron chi connectivity index (χ3n) is 7.44. The van der Waals surface area contributed by atoms with Crippen molar-refractivity contribution >= 4 is 34.4 Å². The van der Waals surface area contributed by atoms with Crippen molar-refractivity contribution in [2.75, 3.05) is 60.9 Å². The molecule has 202 valence electrons. The van der Waals surface area contributed by atoms with Crippen molar-refractivity contribution in [3.05, 3.63) is 72.0 Å². The number of nitrogens with zero attached hydrogens (tertiary/aromatic N) is 6. The molecule has 3 N–H and O–H groups in total. The molecule has 0 saturated carbocycles. The molecule has 2 saturated heterocycles. The molecule has 2 aliphatic heterocycles. The van der Waals surface area contributed by atoms with Crippen molar-refractivity contribution in [2.45, 2.75) is 12.8 Å². The van der Waals surface area contributed by atoms with Crippen LogP contribution < -0.4 is 20.3 Å². The van der Waals surface area contributed by atoms with Crippen molar-refractivity contribution < 1.29 is 15.4 Å². The molecule has 6 rings (SSSR count). The number of amides is 1. The molecule has 0 spiro atoms. The van der Waals surface area contributed by atoms with Gasteiger partial charge in [-0.25, -0.2) is 4.98 Å². The van der Waals surface area contributed by atoms with Crippen molar-refractivity contribution in [3.8, 4) is 11.3 Å². The first-order valence-corrected chi connectivity index (χ1v) is 13.1.